The molecule has 1 heterocycles. The van der Waals surface area contributed by atoms with Crippen LogP contribution in [0.5, 0.6) is 0 Å². The summed E-state index contributed by atoms with van der Waals surface area (Å²) in [5.74, 6) is 0.287. The summed E-state index contributed by atoms with van der Waals surface area (Å²) in [5.41, 5.74) is 2.51. The van der Waals surface area contributed by atoms with E-state index in [1.165, 1.54) is 11.1 Å². The number of fused-ring (bicyclic) bond motifs is 1. The minimum absolute atomic E-state index is 0.225. The molecule has 1 aromatic carbocycles. The Bertz CT molecular complexity index is 703. The van der Waals surface area contributed by atoms with Crippen LogP contribution in [0.3, 0.4) is 0 Å². The number of nitrogens with zero attached hydrogens (tertiary/aromatic N) is 3. The van der Waals surface area contributed by atoms with Crippen LogP contribution in [-0.2, 0) is 17.8 Å². The summed E-state index contributed by atoms with van der Waals surface area (Å²) in [5, 5.41) is 4.28. The summed E-state index contributed by atoms with van der Waals surface area (Å²) in [6.45, 7) is 0.706. The maximum atomic E-state index is 13.1. The minimum Gasteiger partial charge on any atom is -0.338 e. The predicted octanol–water partition coefficient (Wildman–Crippen LogP) is 3.20. The lowest BCUT2D eigenvalue weighted by Crippen LogP contribution is -2.40. The summed E-state index contributed by atoms with van der Waals surface area (Å²) in [7, 11) is 1.98. The van der Waals surface area contributed by atoms with Crippen molar-refractivity contribution in [3.63, 3.8) is 0 Å². The second kappa shape index (κ2) is 5.52. The average molecular weight is 309 g/mol. The third kappa shape index (κ3) is 2.56. The van der Waals surface area contributed by atoms with Crippen LogP contribution >= 0.6 is 0 Å². The van der Waals surface area contributed by atoms with Gasteiger partial charge in [0.05, 0.1) is 18.0 Å². The van der Waals surface area contributed by atoms with Gasteiger partial charge in [-0.05, 0) is 49.3 Å². The standard InChI is InChI=1S/C19H23N3O/c1-21(17-9-4-7-15-6-2-3-8-16(15)17)18(23)19(10-11-19)14-22-13-5-12-20-22/h2-3,5-6,8,12-13,17H,4,7,9-11,14H2,1H3/t17-/m0/s1. The van der Waals surface area contributed by atoms with Gasteiger partial charge in [-0.3, -0.25) is 9.48 Å². The molecule has 0 aliphatic heterocycles. The molecule has 2 aliphatic carbocycles. The van der Waals surface area contributed by atoms with Gasteiger partial charge in [0.1, 0.15) is 0 Å². The lowest BCUT2D eigenvalue weighted by molar-refractivity contribution is -0.139. The summed E-state index contributed by atoms with van der Waals surface area (Å²) >= 11 is 0. The summed E-state index contributed by atoms with van der Waals surface area (Å²) in [6.07, 6.45) is 9.04. The van der Waals surface area contributed by atoms with Crippen LogP contribution in [0.4, 0.5) is 0 Å². The third-order valence-corrected chi connectivity index (χ3v) is 5.46. The van der Waals surface area contributed by atoms with Crippen molar-refractivity contribution in [1.29, 1.82) is 0 Å². The van der Waals surface area contributed by atoms with Gasteiger partial charge in [0.2, 0.25) is 5.91 Å². The number of aromatic nitrogens is 2. The molecule has 0 bridgehead atoms. The number of amides is 1. The van der Waals surface area contributed by atoms with Gasteiger partial charge in [0, 0.05) is 19.4 Å². The SMILES string of the molecule is CN(C(=O)C1(Cn2cccn2)CC1)[C@H]1CCCc2ccccc21. The second-order valence-corrected chi connectivity index (χ2v) is 7.01. The van der Waals surface area contributed by atoms with Crippen molar-refractivity contribution in [3.8, 4) is 0 Å². The van der Waals surface area contributed by atoms with Gasteiger partial charge in [0.25, 0.3) is 0 Å². The Morgan fingerprint density at radius 3 is 2.91 bits per heavy atom. The molecule has 1 fully saturated rings. The maximum Gasteiger partial charge on any atom is 0.230 e. The van der Waals surface area contributed by atoms with Crippen molar-refractivity contribution >= 4 is 5.91 Å². The van der Waals surface area contributed by atoms with Gasteiger partial charge in [-0.1, -0.05) is 24.3 Å². The first-order chi connectivity index (χ1) is 11.2. The fourth-order valence-electron chi connectivity index (χ4n) is 3.94. The second-order valence-electron chi connectivity index (χ2n) is 7.01. The maximum absolute atomic E-state index is 13.1. The van der Waals surface area contributed by atoms with Crippen molar-refractivity contribution in [1.82, 2.24) is 14.7 Å². The zero-order chi connectivity index (χ0) is 15.9. The normalized spacial score (nSPS) is 21.5. The predicted molar refractivity (Wildman–Crippen MR) is 88.8 cm³/mol. The van der Waals surface area contributed by atoms with Gasteiger partial charge in [-0.25, -0.2) is 0 Å². The first-order valence-corrected chi connectivity index (χ1v) is 8.52. The van der Waals surface area contributed by atoms with Crippen LogP contribution in [0, 0.1) is 5.41 Å². The van der Waals surface area contributed by atoms with Crippen molar-refractivity contribution in [2.75, 3.05) is 7.05 Å². The largest absolute Gasteiger partial charge is 0.338 e. The van der Waals surface area contributed by atoms with E-state index in [1.807, 2.05) is 28.9 Å². The van der Waals surface area contributed by atoms with E-state index in [0.29, 0.717) is 6.54 Å². The highest BCUT2D eigenvalue weighted by atomic mass is 16.2. The molecule has 0 saturated heterocycles. The van der Waals surface area contributed by atoms with E-state index >= 15 is 0 Å². The van der Waals surface area contributed by atoms with Crippen molar-refractivity contribution in [2.24, 2.45) is 5.41 Å². The zero-order valence-electron chi connectivity index (χ0n) is 13.6. The van der Waals surface area contributed by atoms with E-state index in [4.69, 9.17) is 0 Å². The lowest BCUT2D eigenvalue weighted by Gasteiger charge is -2.35. The van der Waals surface area contributed by atoms with Crippen molar-refractivity contribution in [3.05, 3.63) is 53.9 Å². The molecule has 2 aromatic rings. The molecule has 23 heavy (non-hydrogen) atoms. The monoisotopic (exact) mass is 309 g/mol. The summed E-state index contributed by atoms with van der Waals surface area (Å²) in [4.78, 5) is 15.2. The Morgan fingerprint density at radius 2 is 2.17 bits per heavy atom. The highest BCUT2D eigenvalue weighted by Gasteiger charge is 2.52. The van der Waals surface area contributed by atoms with E-state index in [0.717, 1.165) is 32.1 Å². The van der Waals surface area contributed by atoms with Gasteiger partial charge in [-0.15, -0.1) is 0 Å². The van der Waals surface area contributed by atoms with Gasteiger partial charge >= 0.3 is 0 Å². The number of carbonyl (C=O) groups excluding carboxylic acids is 1. The molecule has 1 amide bonds. The third-order valence-electron chi connectivity index (χ3n) is 5.46. The lowest BCUT2D eigenvalue weighted by atomic mass is 9.86. The Balaban J connectivity index is 1.55. The van der Waals surface area contributed by atoms with E-state index in [-0.39, 0.29) is 17.4 Å². The molecule has 0 unspecified atom stereocenters. The van der Waals surface area contributed by atoms with Gasteiger partial charge in [0.15, 0.2) is 0 Å². The van der Waals surface area contributed by atoms with Crippen molar-refractivity contribution < 1.29 is 4.79 Å². The smallest absolute Gasteiger partial charge is 0.230 e. The number of hydrogen-bond donors (Lipinski definition) is 0. The highest BCUT2D eigenvalue weighted by Crippen LogP contribution is 2.50. The van der Waals surface area contributed by atoms with Crippen LogP contribution in [-0.4, -0.2) is 27.6 Å². The molecule has 0 radical (unpaired) electrons. The molecule has 1 aromatic heterocycles. The minimum atomic E-state index is -0.229. The fourth-order valence-corrected chi connectivity index (χ4v) is 3.94. The molecule has 4 rings (SSSR count). The Labute approximate surface area is 137 Å². The van der Waals surface area contributed by atoms with Crippen LogP contribution in [0.25, 0.3) is 0 Å². The van der Waals surface area contributed by atoms with E-state index < -0.39 is 0 Å². The molecule has 1 atom stereocenters. The van der Waals surface area contributed by atoms with Crippen molar-refractivity contribution in [2.45, 2.75) is 44.7 Å². The Kier molecular flexibility index (Phi) is 3.47. The quantitative estimate of drug-likeness (QED) is 0.870. The molecular formula is C19H23N3O. The number of aryl methyl sites for hydroxylation is 1. The van der Waals surface area contributed by atoms with Crippen LogP contribution in [0.1, 0.15) is 42.9 Å². The van der Waals surface area contributed by atoms with Crippen LogP contribution in [0.15, 0.2) is 42.7 Å². The molecule has 4 heteroatoms. The average Bonchev–Trinajstić information content (AvgIpc) is 3.19. The molecular weight excluding hydrogens is 286 g/mol. The molecule has 1 saturated carbocycles. The Hall–Kier alpha value is -2.10. The molecule has 120 valence electrons. The van der Waals surface area contributed by atoms with Gasteiger partial charge in [-0.2, -0.15) is 5.10 Å². The summed E-state index contributed by atoms with van der Waals surface area (Å²) in [6, 6.07) is 10.7. The zero-order valence-corrected chi connectivity index (χ0v) is 13.6. The number of rotatable bonds is 4. The van der Waals surface area contributed by atoms with E-state index in [9.17, 15) is 4.79 Å². The number of hydrogen-bond acceptors (Lipinski definition) is 2. The number of benzene rings is 1. The first kappa shape index (κ1) is 14.5. The topological polar surface area (TPSA) is 38.1 Å². The first-order valence-electron chi connectivity index (χ1n) is 8.52. The highest BCUT2D eigenvalue weighted by molar-refractivity contribution is 5.85. The fraction of sp³-hybridized carbons (Fsp3) is 0.474. The number of carbonyl (C=O) groups is 1. The van der Waals surface area contributed by atoms with E-state index in [1.54, 1.807) is 6.20 Å². The summed E-state index contributed by atoms with van der Waals surface area (Å²) < 4.78 is 1.90. The molecule has 4 nitrogen and oxygen atoms in total. The van der Waals surface area contributed by atoms with E-state index in [2.05, 4.69) is 29.4 Å². The molecule has 2 aliphatic rings. The molecule has 0 N–H and O–H groups in total. The van der Waals surface area contributed by atoms with Crippen LogP contribution < -0.4 is 0 Å². The molecule has 0 spiro atoms. The van der Waals surface area contributed by atoms with Crippen LogP contribution in [0.2, 0.25) is 0 Å². The van der Waals surface area contributed by atoms with Gasteiger partial charge < -0.3 is 4.90 Å². The Morgan fingerprint density at radius 1 is 1.35 bits per heavy atom.